The predicted molar refractivity (Wildman–Crippen MR) is 40.1 cm³/mol. The van der Waals surface area contributed by atoms with E-state index in [1.165, 1.54) is 12.4 Å². The van der Waals surface area contributed by atoms with E-state index in [0.29, 0.717) is 5.41 Å². The Kier molecular flexibility index (Phi) is 3.70. The van der Waals surface area contributed by atoms with E-state index in [0.717, 1.165) is 0 Å². The molecular formula is C6H7O4S. The molecule has 0 aromatic rings. The first-order valence-electron chi connectivity index (χ1n) is 2.66. The predicted octanol–water partition coefficient (Wildman–Crippen LogP) is 0.444. The van der Waals surface area contributed by atoms with Gasteiger partial charge in [-0.15, -0.1) is 6.58 Å². The van der Waals surface area contributed by atoms with Gasteiger partial charge in [-0.25, -0.2) is 0 Å². The SMILES string of the molecule is C=CC/C([C]=O)=C\S(=O)(=O)O. The van der Waals surface area contributed by atoms with E-state index in [-0.39, 0.29) is 12.0 Å². The molecule has 0 fully saturated rings. The highest BCUT2D eigenvalue weighted by Gasteiger charge is 2.02. The van der Waals surface area contributed by atoms with Crippen molar-refractivity contribution >= 4 is 16.4 Å². The van der Waals surface area contributed by atoms with E-state index >= 15 is 0 Å². The first-order chi connectivity index (χ1) is 4.99. The van der Waals surface area contributed by atoms with Gasteiger partial charge in [0.1, 0.15) is 0 Å². The summed E-state index contributed by atoms with van der Waals surface area (Å²) in [5, 5.41) is 0.446. The summed E-state index contributed by atoms with van der Waals surface area (Å²) in [5.41, 5.74) is -0.150. The lowest BCUT2D eigenvalue weighted by atomic mass is 10.2. The highest BCUT2D eigenvalue weighted by Crippen LogP contribution is 2.00. The minimum Gasteiger partial charge on any atom is -0.285 e. The summed E-state index contributed by atoms with van der Waals surface area (Å²) >= 11 is 0. The van der Waals surface area contributed by atoms with Crippen LogP contribution in [0.5, 0.6) is 0 Å². The fourth-order valence-corrected chi connectivity index (χ4v) is 0.953. The lowest BCUT2D eigenvalue weighted by molar-refractivity contribution is 0.494. The molecular weight excluding hydrogens is 168 g/mol. The molecule has 61 valence electrons. The lowest BCUT2D eigenvalue weighted by Gasteiger charge is -1.89. The first kappa shape index (κ1) is 10.1. The Morgan fingerprint density at radius 3 is 2.45 bits per heavy atom. The van der Waals surface area contributed by atoms with Crippen LogP contribution in [-0.2, 0) is 14.9 Å². The molecule has 0 saturated carbocycles. The molecule has 0 spiro atoms. The molecule has 4 nitrogen and oxygen atoms in total. The third-order valence-electron chi connectivity index (χ3n) is 0.787. The summed E-state index contributed by atoms with van der Waals surface area (Å²) < 4.78 is 28.5. The van der Waals surface area contributed by atoms with Crippen LogP contribution in [0.15, 0.2) is 23.6 Å². The van der Waals surface area contributed by atoms with E-state index in [1.54, 1.807) is 0 Å². The molecule has 5 heteroatoms. The summed E-state index contributed by atoms with van der Waals surface area (Å²) in [6.07, 6.45) is 2.77. The third kappa shape index (κ3) is 5.50. The second-order valence-electron chi connectivity index (χ2n) is 1.75. The van der Waals surface area contributed by atoms with E-state index in [9.17, 15) is 13.2 Å². The number of carbonyl (C=O) groups excluding carboxylic acids is 1. The van der Waals surface area contributed by atoms with Gasteiger partial charge < -0.3 is 0 Å². The zero-order valence-corrected chi connectivity index (χ0v) is 6.47. The molecule has 0 unspecified atom stereocenters. The molecule has 0 aliphatic rings. The Bertz CT molecular complexity index is 273. The molecule has 0 saturated heterocycles. The standard InChI is InChI=1S/C6H7O4S/c1-2-3-6(4-7)5-11(8,9)10/h2,5H,1,3H2,(H,8,9,10)/b6-5+. The van der Waals surface area contributed by atoms with Crippen molar-refractivity contribution in [3.8, 4) is 0 Å². The van der Waals surface area contributed by atoms with Gasteiger partial charge in [0.25, 0.3) is 10.1 Å². The molecule has 1 N–H and O–H groups in total. The maximum atomic E-state index is 10.1. The van der Waals surface area contributed by atoms with Gasteiger partial charge in [0.05, 0.1) is 5.41 Å². The highest BCUT2D eigenvalue weighted by atomic mass is 32.2. The van der Waals surface area contributed by atoms with E-state index in [4.69, 9.17) is 4.55 Å². The minimum atomic E-state index is -4.23. The van der Waals surface area contributed by atoms with Gasteiger partial charge in [-0.3, -0.25) is 9.35 Å². The molecule has 1 radical (unpaired) electrons. The number of hydrogen-bond acceptors (Lipinski definition) is 3. The smallest absolute Gasteiger partial charge is 0.285 e. The number of rotatable bonds is 4. The van der Waals surface area contributed by atoms with Crippen LogP contribution in [0, 0.1) is 0 Å². The molecule has 0 heterocycles. The van der Waals surface area contributed by atoms with Gasteiger partial charge in [-0.1, -0.05) is 6.08 Å². The zero-order valence-electron chi connectivity index (χ0n) is 5.65. The van der Waals surface area contributed by atoms with Gasteiger partial charge in [0, 0.05) is 5.57 Å². The average Bonchev–Trinajstić information content (AvgIpc) is 1.84. The largest absolute Gasteiger partial charge is 0.288 e. The van der Waals surface area contributed by atoms with Crippen molar-refractivity contribution in [3.63, 3.8) is 0 Å². The molecule has 0 amide bonds. The Balaban J connectivity index is 4.62. The summed E-state index contributed by atoms with van der Waals surface area (Å²) in [6.45, 7) is 3.28. The van der Waals surface area contributed by atoms with Crippen LogP contribution in [0.1, 0.15) is 6.42 Å². The van der Waals surface area contributed by atoms with Crippen LogP contribution >= 0.6 is 0 Å². The van der Waals surface area contributed by atoms with Crippen molar-refractivity contribution < 1.29 is 17.8 Å². The van der Waals surface area contributed by atoms with Gasteiger partial charge in [-0.05, 0) is 6.42 Å². The normalized spacial score (nSPS) is 12.6. The molecule has 0 rings (SSSR count). The maximum Gasteiger partial charge on any atom is 0.288 e. The van der Waals surface area contributed by atoms with Crippen molar-refractivity contribution in [1.29, 1.82) is 0 Å². The molecule has 0 aliphatic carbocycles. The molecule has 0 atom stereocenters. The van der Waals surface area contributed by atoms with E-state index in [2.05, 4.69) is 6.58 Å². The average molecular weight is 175 g/mol. The topological polar surface area (TPSA) is 71.4 Å². The van der Waals surface area contributed by atoms with Crippen LogP contribution < -0.4 is 0 Å². The molecule has 11 heavy (non-hydrogen) atoms. The van der Waals surface area contributed by atoms with Gasteiger partial charge in [-0.2, -0.15) is 8.42 Å². The molecule has 0 bridgehead atoms. The summed E-state index contributed by atoms with van der Waals surface area (Å²) in [6, 6.07) is 0. The first-order valence-corrected chi connectivity index (χ1v) is 4.17. The van der Waals surface area contributed by atoms with Crippen LogP contribution in [0.4, 0.5) is 0 Å². The van der Waals surface area contributed by atoms with Crippen LogP contribution in [-0.4, -0.2) is 19.3 Å². The Morgan fingerprint density at radius 2 is 2.18 bits per heavy atom. The summed E-state index contributed by atoms with van der Waals surface area (Å²) in [7, 11) is -4.23. The Hall–Kier alpha value is -0.940. The lowest BCUT2D eigenvalue weighted by Crippen LogP contribution is -1.94. The molecule has 0 aliphatic heterocycles. The fraction of sp³-hybridized carbons (Fsp3) is 0.167. The second kappa shape index (κ2) is 4.05. The van der Waals surface area contributed by atoms with Crippen LogP contribution in [0.25, 0.3) is 0 Å². The second-order valence-corrected chi connectivity index (χ2v) is 3.02. The Labute approximate surface area is 65.0 Å². The van der Waals surface area contributed by atoms with Gasteiger partial charge in [0.2, 0.25) is 6.29 Å². The van der Waals surface area contributed by atoms with Gasteiger partial charge in [0.15, 0.2) is 0 Å². The molecule has 0 aromatic heterocycles. The van der Waals surface area contributed by atoms with Crippen molar-refractivity contribution in [1.82, 2.24) is 0 Å². The third-order valence-corrected chi connectivity index (χ3v) is 1.37. The van der Waals surface area contributed by atoms with E-state index in [1.807, 2.05) is 0 Å². The van der Waals surface area contributed by atoms with E-state index < -0.39 is 10.1 Å². The monoisotopic (exact) mass is 175 g/mol. The summed E-state index contributed by atoms with van der Waals surface area (Å²) in [4.78, 5) is 9.96. The quantitative estimate of drug-likeness (QED) is 0.382. The highest BCUT2D eigenvalue weighted by molar-refractivity contribution is 7.88. The van der Waals surface area contributed by atoms with Crippen molar-refractivity contribution in [2.45, 2.75) is 6.42 Å². The summed E-state index contributed by atoms with van der Waals surface area (Å²) in [5.74, 6) is 0. The van der Waals surface area contributed by atoms with Crippen molar-refractivity contribution in [2.75, 3.05) is 0 Å². The fourth-order valence-electron chi connectivity index (χ4n) is 0.449. The van der Waals surface area contributed by atoms with Crippen molar-refractivity contribution in [3.05, 3.63) is 23.6 Å². The maximum absolute atomic E-state index is 10.1. The Morgan fingerprint density at radius 1 is 1.64 bits per heavy atom. The molecule has 0 aromatic carbocycles. The van der Waals surface area contributed by atoms with Crippen LogP contribution in [0.3, 0.4) is 0 Å². The van der Waals surface area contributed by atoms with Crippen LogP contribution in [0.2, 0.25) is 0 Å². The van der Waals surface area contributed by atoms with Crippen molar-refractivity contribution in [2.24, 2.45) is 0 Å². The number of allylic oxidation sites excluding steroid dienone is 2. The van der Waals surface area contributed by atoms with Gasteiger partial charge >= 0.3 is 0 Å². The zero-order chi connectivity index (χ0) is 8.91. The minimum absolute atomic E-state index is 0.0727. The number of hydrogen-bond donors (Lipinski definition) is 1.